The Morgan fingerprint density at radius 3 is 2.62 bits per heavy atom. The van der Waals surface area contributed by atoms with Gasteiger partial charge in [0.15, 0.2) is 0 Å². The molecule has 0 saturated carbocycles. The van der Waals surface area contributed by atoms with Gasteiger partial charge in [-0.15, -0.1) is 0 Å². The van der Waals surface area contributed by atoms with E-state index in [1.54, 1.807) is 0 Å². The number of nitrogens with zero attached hydrogens (tertiary/aromatic N) is 4. The third-order valence-electron chi connectivity index (χ3n) is 4.26. The van der Waals surface area contributed by atoms with Gasteiger partial charge in [0.25, 0.3) is 0 Å². The van der Waals surface area contributed by atoms with E-state index in [0.29, 0.717) is 6.04 Å². The van der Waals surface area contributed by atoms with Crippen molar-refractivity contribution in [3.63, 3.8) is 0 Å². The van der Waals surface area contributed by atoms with Crippen LogP contribution in [0.5, 0.6) is 0 Å². The molecule has 1 atom stereocenters. The molecule has 2 aromatic heterocycles. The average molecular weight is 286 g/mol. The molecule has 0 spiro atoms. The number of pyridine rings is 1. The zero-order valence-electron chi connectivity index (χ0n) is 13.8. The molecular weight excluding hydrogens is 260 g/mol. The normalized spacial score (nSPS) is 12.9. The summed E-state index contributed by atoms with van der Waals surface area (Å²) in [6.07, 6.45) is 5.78. The SMILES string of the molecule is CCc1nn(C)c(CC)c1CN(C)[C@H](C)c1cccnc1. The molecule has 2 rings (SSSR count). The van der Waals surface area contributed by atoms with Crippen LogP contribution >= 0.6 is 0 Å². The Labute approximate surface area is 127 Å². The molecule has 0 radical (unpaired) electrons. The second-order valence-corrected chi connectivity index (χ2v) is 5.58. The monoisotopic (exact) mass is 286 g/mol. The Balaban J connectivity index is 2.21. The number of hydrogen-bond acceptors (Lipinski definition) is 3. The van der Waals surface area contributed by atoms with Gasteiger partial charge in [-0.25, -0.2) is 0 Å². The van der Waals surface area contributed by atoms with Gasteiger partial charge < -0.3 is 0 Å². The van der Waals surface area contributed by atoms with Crippen LogP contribution in [-0.4, -0.2) is 26.7 Å². The Morgan fingerprint density at radius 2 is 2.05 bits per heavy atom. The summed E-state index contributed by atoms with van der Waals surface area (Å²) in [6, 6.07) is 4.48. The zero-order valence-corrected chi connectivity index (χ0v) is 13.8. The number of aryl methyl sites for hydroxylation is 2. The fraction of sp³-hybridized carbons (Fsp3) is 0.529. The van der Waals surface area contributed by atoms with Gasteiger partial charge in [-0.1, -0.05) is 19.9 Å². The minimum atomic E-state index is 0.341. The standard InChI is InChI=1S/C17H26N4/c1-6-16-15(17(7-2)21(5)19-16)12-20(4)13(3)14-9-8-10-18-11-14/h8-11,13H,6-7,12H2,1-5H3/t13-/m1/s1. The van der Waals surface area contributed by atoms with E-state index < -0.39 is 0 Å². The maximum Gasteiger partial charge on any atom is 0.0669 e. The highest BCUT2D eigenvalue weighted by molar-refractivity contribution is 5.27. The van der Waals surface area contributed by atoms with Crippen LogP contribution in [0.2, 0.25) is 0 Å². The summed E-state index contributed by atoms with van der Waals surface area (Å²) in [6.45, 7) is 7.53. The maximum atomic E-state index is 4.66. The lowest BCUT2D eigenvalue weighted by molar-refractivity contribution is 0.251. The lowest BCUT2D eigenvalue weighted by Gasteiger charge is -2.25. The minimum absolute atomic E-state index is 0.341. The van der Waals surface area contributed by atoms with E-state index in [4.69, 9.17) is 0 Å². The highest BCUT2D eigenvalue weighted by Crippen LogP contribution is 2.23. The topological polar surface area (TPSA) is 34.0 Å². The molecule has 114 valence electrons. The summed E-state index contributed by atoms with van der Waals surface area (Å²) in [5.41, 5.74) is 5.21. The molecule has 0 bridgehead atoms. The van der Waals surface area contributed by atoms with Gasteiger partial charge in [0, 0.05) is 43.3 Å². The largest absolute Gasteiger partial charge is 0.295 e. The van der Waals surface area contributed by atoms with Gasteiger partial charge in [-0.3, -0.25) is 14.6 Å². The van der Waals surface area contributed by atoms with Crippen molar-refractivity contribution in [3.05, 3.63) is 47.0 Å². The molecule has 0 unspecified atom stereocenters. The average Bonchev–Trinajstić information content (AvgIpc) is 2.82. The first kappa shape index (κ1) is 15.7. The maximum absolute atomic E-state index is 4.66. The van der Waals surface area contributed by atoms with E-state index in [2.05, 4.69) is 48.9 Å². The quantitative estimate of drug-likeness (QED) is 0.818. The van der Waals surface area contributed by atoms with E-state index in [1.807, 2.05) is 30.2 Å². The first-order chi connectivity index (χ1) is 10.1. The van der Waals surface area contributed by atoms with Crippen LogP contribution in [0.25, 0.3) is 0 Å². The molecule has 0 saturated heterocycles. The van der Waals surface area contributed by atoms with Crippen molar-refractivity contribution in [2.24, 2.45) is 7.05 Å². The van der Waals surface area contributed by atoms with E-state index in [0.717, 1.165) is 19.4 Å². The third kappa shape index (κ3) is 3.32. The van der Waals surface area contributed by atoms with Crippen LogP contribution in [0.15, 0.2) is 24.5 Å². The molecule has 0 aliphatic carbocycles. The Hall–Kier alpha value is -1.68. The van der Waals surface area contributed by atoms with Crippen LogP contribution in [0.1, 0.15) is 49.3 Å². The van der Waals surface area contributed by atoms with Gasteiger partial charge in [0.05, 0.1) is 5.69 Å². The Kier molecular flexibility index (Phi) is 5.12. The predicted molar refractivity (Wildman–Crippen MR) is 86.1 cm³/mol. The van der Waals surface area contributed by atoms with E-state index in [1.165, 1.54) is 22.5 Å². The zero-order chi connectivity index (χ0) is 15.4. The first-order valence-corrected chi connectivity index (χ1v) is 7.72. The van der Waals surface area contributed by atoms with Crippen LogP contribution in [0, 0.1) is 0 Å². The molecule has 4 heteroatoms. The van der Waals surface area contributed by atoms with Crippen molar-refractivity contribution in [1.82, 2.24) is 19.7 Å². The number of aromatic nitrogens is 3. The highest BCUT2D eigenvalue weighted by Gasteiger charge is 2.18. The van der Waals surface area contributed by atoms with Crippen LogP contribution in [0.4, 0.5) is 0 Å². The third-order valence-corrected chi connectivity index (χ3v) is 4.26. The molecule has 4 nitrogen and oxygen atoms in total. The summed E-state index contributed by atoms with van der Waals surface area (Å²) in [5, 5.41) is 4.66. The molecule has 0 aromatic carbocycles. The molecule has 0 aliphatic heterocycles. The van der Waals surface area contributed by atoms with Crippen molar-refractivity contribution in [2.45, 2.75) is 46.2 Å². The van der Waals surface area contributed by atoms with Gasteiger partial charge in [0.1, 0.15) is 0 Å². The smallest absolute Gasteiger partial charge is 0.0669 e. The summed E-state index contributed by atoms with van der Waals surface area (Å²) >= 11 is 0. The van der Waals surface area contributed by atoms with Crippen molar-refractivity contribution < 1.29 is 0 Å². The van der Waals surface area contributed by atoms with Crippen molar-refractivity contribution in [1.29, 1.82) is 0 Å². The molecule has 21 heavy (non-hydrogen) atoms. The molecule has 0 N–H and O–H groups in total. The minimum Gasteiger partial charge on any atom is -0.295 e. The number of rotatable bonds is 6. The second kappa shape index (κ2) is 6.85. The first-order valence-electron chi connectivity index (χ1n) is 7.72. The fourth-order valence-electron chi connectivity index (χ4n) is 2.84. The van der Waals surface area contributed by atoms with E-state index >= 15 is 0 Å². The summed E-state index contributed by atoms with van der Waals surface area (Å²) in [4.78, 5) is 6.59. The van der Waals surface area contributed by atoms with Crippen molar-refractivity contribution in [2.75, 3.05) is 7.05 Å². The Morgan fingerprint density at radius 1 is 1.29 bits per heavy atom. The molecular formula is C17H26N4. The fourth-order valence-corrected chi connectivity index (χ4v) is 2.84. The van der Waals surface area contributed by atoms with Crippen molar-refractivity contribution >= 4 is 0 Å². The Bertz CT molecular complexity index is 574. The molecule has 2 aromatic rings. The van der Waals surface area contributed by atoms with E-state index in [9.17, 15) is 0 Å². The van der Waals surface area contributed by atoms with Crippen LogP contribution < -0.4 is 0 Å². The van der Waals surface area contributed by atoms with Crippen LogP contribution in [-0.2, 0) is 26.4 Å². The molecule has 0 amide bonds. The lowest BCUT2D eigenvalue weighted by Crippen LogP contribution is -2.23. The van der Waals surface area contributed by atoms with Gasteiger partial charge in [-0.05, 0) is 38.4 Å². The van der Waals surface area contributed by atoms with E-state index in [-0.39, 0.29) is 0 Å². The predicted octanol–water partition coefficient (Wildman–Crippen LogP) is 3.13. The molecule has 2 heterocycles. The van der Waals surface area contributed by atoms with Crippen LogP contribution in [0.3, 0.4) is 0 Å². The van der Waals surface area contributed by atoms with Crippen molar-refractivity contribution in [3.8, 4) is 0 Å². The number of hydrogen-bond donors (Lipinski definition) is 0. The van der Waals surface area contributed by atoms with Gasteiger partial charge >= 0.3 is 0 Å². The second-order valence-electron chi connectivity index (χ2n) is 5.58. The molecule has 0 fully saturated rings. The summed E-state index contributed by atoms with van der Waals surface area (Å²) in [7, 11) is 4.22. The van der Waals surface area contributed by atoms with Gasteiger partial charge in [-0.2, -0.15) is 5.10 Å². The van der Waals surface area contributed by atoms with Gasteiger partial charge in [0.2, 0.25) is 0 Å². The summed E-state index contributed by atoms with van der Waals surface area (Å²) in [5.74, 6) is 0. The summed E-state index contributed by atoms with van der Waals surface area (Å²) < 4.78 is 2.04. The molecule has 0 aliphatic rings. The lowest BCUT2D eigenvalue weighted by atomic mass is 10.1. The highest BCUT2D eigenvalue weighted by atomic mass is 15.3.